The molecule has 5 rings (SSSR count). The number of hydrazone groups is 1. The lowest BCUT2D eigenvalue weighted by Crippen LogP contribution is -2.30. The molecule has 3 aromatic carbocycles. The fraction of sp³-hybridized carbons (Fsp3) is 0.324. The van der Waals surface area contributed by atoms with Gasteiger partial charge < -0.3 is 15.3 Å². The lowest BCUT2D eigenvalue weighted by atomic mass is 10.1. The van der Waals surface area contributed by atoms with E-state index in [1.807, 2.05) is 18.3 Å². The van der Waals surface area contributed by atoms with Gasteiger partial charge in [-0.3, -0.25) is 9.59 Å². The minimum Gasteiger partial charge on any atom is -0.396 e. The number of nitrogens with one attached hydrogen (secondary N) is 2. The minimum atomic E-state index is -4.65. The number of hydrogen-bond acceptors (Lipinski definition) is 7. The van der Waals surface area contributed by atoms with Crippen molar-refractivity contribution in [1.29, 1.82) is 0 Å². The Balaban J connectivity index is 1.32. The third kappa shape index (κ3) is 9.20. The normalized spacial score (nSPS) is 13.6. The van der Waals surface area contributed by atoms with Crippen molar-refractivity contribution in [3.05, 3.63) is 105 Å². The van der Waals surface area contributed by atoms with E-state index < -0.39 is 28.6 Å². The van der Waals surface area contributed by atoms with Crippen LogP contribution in [0, 0.1) is 0 Å². The number of piperidine rings is 1. The molecular formula is C34H35ClF3N7O3. The van der Waals surface area contributed by atoms with Crippen molar-refractivity contribution in [1.82, 2.24) is 20.4 Å². The number of carbonyl (C=O) groups is 2. The highest BCUT2D eigenvalue weighted by Crippen LogP contribution is 2.35. The van der Waals surface area contributed by atoms with Crippen LogP contribution in [0.3, 0.4) is 0 Å². The van der Waals surface area contributed by atoms with Crippen molar-refractivity contribution < 1.29 is 27.9 Å². The van der Waals surface area contributed by atoms with Crippen molar-refractivity contribution in [2.24, 2.45) is 5.10 Å². The SMILES string of the molecule is O=C(Nc1ccc(N2CCCCC2)cc1C(=O)N/N=C/c1ccc(Cl)c(C(F)(F)F)c1)c1cccc(Cn2cc(CCCCO)nn2)c1. The molecule has 0 radical (unpaired) electrons. The molecule has 0 unspecified atom stereocenters. The Morgan fingerprint density at radius 1 is 1.00 bits per heavy atom. The lowest BCUT2D eigenvalue weighted by molar-refractivity contribution is -0.137. The van der Waals surface area contributed by atoms with Gasteiger partial charge in [-0.15, -0.1) is 5.10 Å². The van der Waals surface area contributed by atoms with Crippen LogP contribution in [0.2, 0.25) is 5.02 Å². The lowest BCUT2D eigenvalue weighted by Gasteiger charge is -2.29. The first-order chi connectivity index (χ1) is 23.1. The summed E-state index contributed by atoms with van der Waals surface area (Å²) in [6, 6.07) is 15.5. The average Bonchev–Trinajstić information content (AvgIpc) is 3.52. The zero-order valence-corrected chi connectivity index (χ0v) is 26.8. The van der Waals surface area contributed by atoms with Gasteiger partial charge in [0.1, 0.15) is 0 Å². The molecule has 252 valence electrons. The van der Waals surface area contributed by atoms with Gasteiger partial charge in [-0.05, 0) is 92.1 Å². The van der Waals surface area contributed by atoms with Crippen LogP contribution in [0.25, 0.3) is 0 Å². The number of aliphatic hydroxyl groups is 1. The molecule has 48 heavy (non-hydrogen) atoms. The number of unbranched alkanes of at least 4 members (excludes halogenated alkanes) is 1. The molecule has 10 nitrogen and oxygen atoms in total. The Labute approximate surface area is 280 Å². The number of aryl methyl sites for hydroxylation is 1. The molecule has 1 aliphatic heterocycles. The van der Waals surface area contributed by atoms with Gasteiger partial charge in [0.2, 0.25) is 0 Å². The summed E-state index contributed by atoms with van der Waals surface area (Å²) in [7, 11) is 0. The summed E-state index contributed by atoms with van der Waals surface area (Å²) < 4.78 is 41.5. The molecule has 2 amide bonds. The number of rotatable bonds is 12. The second-order valence-corrected chi connectivity index (χ2v) is 11.9. The molecule has 0 atom stereocenters. The Hall–Kier alpha value is -4.75. The maximum Gasteiger partial charge on any atom is 0.417 e. The van der Waals surface area contributed by atoms with Gasteiger partial charge in [-0.2, -0.15) is 18.3 Å². The summed E-state index contributed by atoms with van der Waals surface area (Å²) in [6.45, 7) is 2.17. The first-order valence-electron chi connectivity index (χ1n) is 15.6. The summed E-state index contributed by atoms with van der Waals surface area (Å²) in [5.74, 6) is -1.09. The molecule has 0 spiro atoms. The largest absolute Gasteiger partial charge is 0.417 e. The summed E-state index contributed by atoms with van der Waals surface area (Å²) in [5, 5.41) is 23.6. The molecule has 0 bridgehead atoms. The van der Waals surface area contributed by atoms with Gasteiger partial charge in [-0.25, -0.2) is 10.1 Å². The number of carbonyl (C=O) groups excluding carboxylic acids is 2. The van der Waals surface area contributed by atoms with E-state index in [0.29, 0.717) is 24.9 Å². The average molecular weight is 682 g/mol. The molecule has 1 fully saturated rings. The first kappa shape index (κ1) is 34.6. The van der Waals surface area contributed by atoms with Gasteiger partial charge in [0, 0.05) is 37.1 Å². The van der Waals surface area contributed by atoms with Crippen LogP contribution in [0.1, 0.15) is 75.2 Å². The number of anilines is 2. The predicted octanol–water partition coefficient (Wildman–Crippen LogP) is 6.32. The van der Waals surface area contributed by atoms with E-state index in [9.17, 15) is 22.8 Å². The van der Waals surface area contributed by atoms with E-state index in [1.54, 1.807) is 35.0 Å². The Morgan fingerprint density at radius 2 is 1.81 bits per heavy atom. The van der Waals surface area contributed by atoms with E-state index in [0.717, 1.165) is 74.1 Å². The molecule has 4 aromatic rings. The fourth-order valence-electron chi connectivity index (χ4n) is 5.38. The molecule has 0 aliphatic carbocycles. The first-order valence-corrected chi connectivity index (χ1v) is 16.0. The van der Waals surface area contributed by atoms with Crippen molar-refractivity contribution >= 4 is 41.0 Å². The maximum absolute atomic E-state index is 13.4. The second-order valence-electron chi connectivity index (χ2n) is 11.5. The summed E-state index contributed by atoms with van der Waals surface area (Å²) in [5.41, 5.74) is 4.65. The number of hydrogen-bond donors (Lipinski definition) is 3. The Morgan fingerprint density at radius 3 is 2.58 bits per heavy atom. The van der Waals surface area contributed by atoms with E-state index in [2.05, 4.69) is 31.1 Å². The Kier molecular flexibility index (Phi) is 11.5. The molecule has 3 N–H and O–H groups in total. The molecule has 14 heteroatoms. The highest BCUT2D eigenvalue weighted by molar-refractivity contribution is 6.31. The van der Waals surface area contributed by atoms with Gasteiger partial charge in [-0.1, -0.05) is 35.0 Å². The quantitative estimate of drug-likeness (QED) is 0.0914. The van der Waals surface area contributed by atoms with Crippen molar-refractivity contribution in [2.75, 3.05) is 29.9 Å². The zero-order chi connectivity index (χ0) is 34.1. The van der Waals surface area contributed by atoms with Crippen molar-refractivity contribution in [2.45, 2.75) is 51.2 Å². The Bertz CT molecular complexity index is 1770. The zero-order valence-electron chi connectivity index (χ0n) is 26.0. The number of aromatic nitrogens is 3. The number of nitrogens with zero attached hydrogens (tertiary/aromatic N) is 5. The van der Waals surface area contributed by atoms with E-state index in [4.69, 9.17) is 16.7 Å². The van der Waals surface area contributed by atoms with E-state index in [1.165, 1.54) is 6.07 Å². The minimum absolute atomic E-state index is 0.0892. The standard InChI is InChI=1S/C34H35ClF3N7O3/c35-30-12-10-23(18-29(30)34(36,37)38)20-39-42-33(48)28-19-27(44-14-3-1-4-15-44)11-13-31(28)40-32(47)25-8-6-7-24(17-25)21-45-22-26(41-43-45)9-2-5-16-46/h6-8,10-13,17-20,22,46H,1-5,9,14-16,21H2,(H,40,47)(H,42,48)/b39-20+. The summed E-state index contributed by atoms with van der Waals surface area (Å²) in [4.78, 5) is 29.0. The van der Waals surface area contributed by atoms with Crippen LogP contribution in [0.4, 0.5) is 24.5 Å². The topological polar surface area (TPSA) is 125 Å². The summed E-state index contributed by atoms with van der Waals surface area (Å²) >= 11 is 5.71. The number of aliphatic hydroxyl groups excluding tert-OH is 1. The predicted molar refractivity (Wildman–Crippen MR) is 178 cm³/mol. The van der Waals surface area contributed by atoms with Crippen LogP contribution in [-0.4, -0.2) is 57.8 Å². The van der Waals surface area contributed by atoms with Crippen LogP contribution >= 0.6 is 11.6 Å². The van der Waals surface area contributed by atoms with Gasteiger partial charge in [0.25, 0.3) is 11.8 Å². The fourth-order valence-corrected chi connectivity index (χ4v) is 5.61. The molecule has 1 aromatic heterocycles. The highest BCUT2D eigenvalue weighted by atomic mass is 35.5. The van der Waals surface area contributed by atoms with E-state index >= 15 is 0 Å². The number of benzene rings is 3. The molecule has 1 saturated heterocycles. The van der Waals surface area contributed by atoms with Crippen LogP contribution < -0.4 is 15.6 Å². The molecule has 0 saturated carbocycles. The van der Waals surface area contributed by atoms with Crippen LogP contribution in [0.5, 0.6) is 0 Å². The van der Waals surface area contributed by atoms with E-state index in [-0.39, 0.29) is 23.4 Å². The van der Waals surface area contributed by atoms with Crippen molar-refractivity contribution in [3.63, 3.8) is 0 Å². The van der Waals surface area contributed by atoms with Gasteiger partial charge >= 0.3 is 6.18 Å². The maximum atomic E-state index is 13.4. The third-order valence-corrected chi connectivity index (χ3v) is 8.18. The monoisotopic (exact) mass is 681 g/mol. The van der Waals surface area contributed by atoms with Crippen molar-refractivity contribution in [3.8, 4) is 0 Å². The van der Waals surface area contributed by atoms with Gasteiger partial charge in [0.15, 0.2) is 0 Å². The number of alkyl halides is 3. The van der Waals surface area contributed by atoms with Crippen LogP contribution in [0.15, 0.2) is 72.0 Å². The molecular weight excluding hydrogens is 647 g/mol. The third-order valence-electron chi connectivity index (χ3n) is 7.85. The van der Waals surface area contributed by atoms with Gasteiger partial charge in [0.05, 0.1) is 40.3 Å². The summed E-state index contributed by atoms with van der Waals surface area (Å²) in [6.07, 6.45) is 3.64. The molecule has 2 heterocycles. The smallest absolute Gasteiger partial charge is 0.396 e. The number of halogens is 4. The number of amides is 2. The van der Waals surface area contributed by atoms with Crippen LogP contribution in [-0.2, 0) is 19.1 Å². The molecule has 1 aliphatic rings. The second kappa shape index (κ2) is 15.9. The highest BCUT2D eigenvalue weighted by Gasteiger charge is 2.33.